The molecule has 0 aliphatic carbocycles. The quantitative estimate of drug-likeness (QED) is 0.932. The molecule has 2 aromatic rings. The van der Waals surface area contributed by atoms with Crippen molar-refractivity contribution in [2.75, 3.05) is 14.1 Å². The lowest BCUT2D eigenvalue weighted by atomic mass is 10.1. The van der Waals surface area contributed by atoms with Gasteiger partial charge < -0.3 is 10.0 Å². The van der Waals surface area contributed by atoms with Crippen molar-refractivity contribution in [1.29, 1.82) is 0 Å². The van der Waals surface area contributed by atoms with Crippen LogP contribution < -0.4 is 0 Å². The summed E-state index contributed by atoms with van der Waals surface area (Å²) in [6, 6.07) is 7.07. The number of rotatable bonds is 4. The molecule has 2 rings (SSSR count). The SMILES string of the molecule is C[C@@H](c1nc(-c2ccc(C(=O)O)cc2)cs1)N(C)C. The lowest BCUT2D eigenvalue weighted by Crippen LogP contribution is -2.16. The van der Waals surface area contributed by atoms with Gasteiger partial charge in [-0.05, 0) is 33.2 Å². The summed E-state index contributed by atoms with van der Waals surface area (Å²) in [4.78, 5) is 17.5. The molecule has 0 fully saturated rings. The molecule has 100 valence electrons. The Kier molecular flexibility index (Phi) is 3.97. The number of thiazole rings is 1. The summed E-state index contributed by atoms with van der Waals surface area (Å²) in [5, 5.41) is 11.9. The molecular formula is C14H16N2O2S. The zero-order chi connectivity index (χ0) is 14.0. The van der Waals surface area contributed by atoms with Crippen LogP contribution in [-0.4, -0.2) is 35.1 Å². The van der Waals surface area contributed by atoms with Gasteiger partial charge in [-0.3, -0.25) is 0 Å². The highest BCUT2D eigenvalue weighted by atomic mass is 32.1. The first kappa shape index (κ1) is 13.7. The van der Waals surface area contributed by atoms with Crippen LogP contribution >= 0.6 is 11.3 Å². The van der Waals surface area contributed by atoms with Gasteiger partial charge in [0.05, 0.1) is 17.3 Å². The molecule has 0 saturated carbocycles. The Morgan fingerprint density at radius 2 is 1.95 bits per heavy atom. The second-order valence-electron chi connectivity index (χ2n) is 4.59. The first-order chi connectivity index (χ1) is 8.99. The fourth-order valence-electron chi connectivity index (χ4n) is 1.62. The zero-order valence-corrected chi connectivity index (χ0v) is 11.9. The molecule has 0 saturated heterocycles. The summed E-state index contributed by atoms with van der Waals surface area (Å²) in [6.07, 6.45) is 0. The Balaban J connectivity index is 2.25. The molecule has 0 unspecified atom stereocenters. The van der Waals surface area contributed by atoms with E-state index in [4.69, 9.17) is 5.11 Å². The predicted octanol–water partition coefficient (Wildman–Crippen LogP) is 3.13. The molecule has 19 heavy (non-hydrogen) atoms. The van der Waals surface area contributed by atoms with E-state index in [9.17, 15) is 4.79 Å². The second kappa shape index (κ2) is 5.50. The molecule has 0 aliphatic heterocycles. The highest BCUT2D eigenvalue weighted by Gasteiger charge is 2.13. The maximum absolute atomic E-state index is 10.8. The number of benzene rings is 1. The normalized spacial score (nSPS) is 12.6. The topological polar surface area (TPSA) is 53.4 Å². The minimum Gasteiger partial charge on any atom is -0.478 e. The van der Waals surface area contributed by atoms with E-state index >= 15 is 0 Å². The lowest BCUT2D eigenvalue weighted by molar-refractivity contribution is 0.0697. The van der Waals surface area contributed by atoms with Crippen molar-refractivity contribution in [3.63, 3.8) is 0 Å². The molecule has 0 amide bonds. The molecule has 0 spiro atoms. The number of carboxylic acid groups (broad SMARTS) is 1. The van der Waals surface area contributed by atoms with E-state index in [1.807, 2.05) is 19.5 Å². The van der Waals surface area contributed by atoms with Crippen molar-refractivity contribution in [3.8, 4) is 11.3 Å². The van der Waals surface area contributed by atoms with Crippen molar-refractivity contribution >= 4 is 17.3 Å². The van der Waals surface area contributed by atoms with Crippen molar-refractivity contribution in [1.82, 2.24) is 9.88 Å². The second-order valence-corrected chi connectivity index (χ2v) is 5.48. The predicted molar refractivity (Wildman–Crippen MR) is 76.6 cm³/mol. The first-order valence-corrected chi connectivity index (χ1v) is 6.82. The Morgan fingerprint density at radius 3 is 2.47 bits per heavy atom. The smallest absolute Gasteiger partial charge is 0.335 e. The van der Waals surface area contributed by atoms with E-state index < -0.39 is 5.97 Å². The summed E-state index contributed by atoms with van der Waals surface area (Å²) in [7, 11) is 4.04. The van der Waals surface area contributed by atoms with Gasteiger partial charge in [-0.1, -0.05) is 12.1 Å². The van der Waals surface area contributed by atoms with Gasteiger partial charge in [0.25, 0.3) is 0 Å². The van der Waals surface area contributed by atoms with Crippen LogP contribution in [0.5, 0.6) is 0 Å². The summed E-state index contributed by atoms with van der Waals surface area (Å²) in [6.45, 7) is 2.11. The Hall–Kier alpha value is -1.72. The average Bonchev–Trinajstić information content (AvgIpc) is 2.87. The van der Waals surface area contributed by atoms with Crippen LogP contribution in [0.15, 0.2) is 29.6 Å². The van der Waals surface area contributed by atoms with Crippen LogP contribution in [-0.2, 0) is 0 Å². The highest BCUT2D eigenvalue weighted by Crippen LogP contribution is 2.27. The van der Waals surface area contributed by atoms with Crippen molar-refractivity contribution in [2.45, 2.75) is 13.0 Å². The molecule has 4 nitrogen and oxygen atoms in total. The zero-order valence-electron chi connectivity index (χ0n) is 11.1. The van der Waals surface area contributed by atoms with Crippen molar-refractivity contribution in [2.24, 2.45) is 0 Å². The highest BCUT2D eigenvalue weighted by molar-refractivity contribution is 7.10. The van der Waals surface area contributed by atoms with Crippen LogP contribution in [0.4, 0.5) is 0 Å². The number of carboxylic acids is 1. The summed E-state index contributed by atoms with van der Waals surface area (Å²) >= 11 is 1.62. The average molecular weight is 276 g/mol. The largest absolute Gasteiger partial charge is 0.478 e. The van der Waals surface area contributed by atoms with Gasteiger partial charge in [0, 0.05) is 10.9 Å². The molecule has 1 aromatic carbocycles. The molecule has 0 bridgehead atoms. The number of nitrogens with zero attached hydrogens (tertiary/aromatic N) is 2. The van der Waals surface area contributed by atoms with Crippen molar-refractivity contribution in [3.05, 3.63) is 40.2 Å². The molecular weight excluding hydrogens is 260 g/mol. The summed E-state index contributed by atoms with van der Waals surface area (Å²) < 4.78 is 0. The third kappa shape index (κ3) is 3.00. The molecule has 1 aromatic heterocycles. The third-order valence-corrected chi connectivity index (χ3v) is 4.10. The van der Waals surface area contributed by atoms with Gasteiger partial charge in [-0.25, -0.2) is 9.78 Å². The molecule has 0 aliphatic rings. The minimum atomic E-state index is -0.910. The lowest BCUT2D eigenvalue weighted by Gasteiger charge is -2.16. The Bertz CT molecular complexity index is 575. The fourth-order valence-corrected chi connectivity index (χ4v) is 2.60. The van der Waals surface area contributed by atoms with Crippen LogP contribution in [0.2, 0.25) is 0 Å². The summed E-state index contributed by atoms with van der Waals surface area (Å²) in [5.41, 5.74) is 2.13. The van der Waals surface area contributed by atoms with Gasteiger partial charge >= 0.3 is 5.97 Å². The van der Waals surface area contributed by atoms with E-state index in [2.05, 4.69) is 16.8 Å². The maximum atomic E-state index is 10.8. The molecule has 0 radical (unpaired) electrons. The van der Waals surface area contributed by atoms with Crippen molar-refractivity contribution < 1.29 is 9.90 Å². The van der Waals surface area contributed by atoms with Gasteiger partial charge in [0.1, 0.15) is 5.01 Å². The molecule has 1 atom stereocenters. The minimum absolute atomic E-state index is 0.275. The van der Waals surface area contributed by atoms with Gasteiger partial charge in [0.15, 0.2) is 0 Å². The summed E-state index contributed by atoms with van der Waals surface area (Å²) in [5.74, 6) is -0.910. The van der Waals surface area contributed by atoms with E-state index in [1.54, 1.807) is 35.6 Å². The van der Waals surface area contributed by atoms with Gasteiger partial charge in [0.2, 0.25) is 0 Å². The number of hydrogen-bond donors (Lipinski definition) is 1. The maximum Gasteiger partial charge on any atom is 0.335 e. The number of hydrogen-bond acceptors (Lipinski definition) is 4. The van der Waals surface area contributed by atoms with Crippen LogP contribution in [0.25, 0.3) is 11.3 Å². The number of aromatic nitrogens is 1. The molecule has 1 heterocycles. The van der Waals surface area contributed by atoms with E-state index in [0.717, 1.165) is 16.3 Å². The fraction of sp³-hybridized carbons (Fsp3) is 0.286. The van der Waals surface area contributed by atoms with E-state index in [-0.39, 0.29) is 6.04 Å². The van der Waals surface area contributed by atoms with Gasteiger partial charge in [-0.2, -0.15) is 0 Å². The van der Waals surface area contributed by atoms with Crippen LogP contribution in [0.1, 0.15) is 28.3 Å². The molecule has 5 heteroatoms. The van der Waals surface area contributed by atoms with Gasteiger partial charge in [-0.15, -0.1) is 11.3 Å². The van der Waals surface area contributed by atoms with E-state index in [1.165, 1.54) is 0 Å². The number of aromatic carboxylic acids is 1. The number of carbonyl (C=O) groups is 1. The molecule has 1 N–H and O–H groups in total. The van der Waals surface area contributed by atoms with Crippen LogP contribution in [0.3, 0.4) is 0 Å². The Labute approximate surface area is 116 Å². The Morgan fingerprint density at radius 1 is 1.32 bits per heavy atom. The van der Waals surface area contributed by atoms with E-state index in [0.29, 0.717) is 5.56 Å². The third-order valence-electron chi connectivity index (χ3n) is 3.08. The standard InChI is InChI=1S/C14H16N2O2S/c1-9(16(2)3)13-15-12(8-19-13)10-4-6-11(7-5-10)14(17)18/h4-9H,1-3H3,(H,17,18)/t9-/m0/s1. The van der Waals surface area contributed by atoms with Crippen LogP contribution in [0, 0.1) is 0 Å². The monoisotopic (exact) mass is 276 g/mol. The first-order valence-electron chi connectivity index (χ1n) is 5.94.